The third-order valence-corrected chi connectivity index (χ3v) is 3.47. The second kappa shape index (κ2) is 8.76. The molecule has 1 aromatic heterocycles. The Bertz CT molecular complexity index is 719. The summed E-state index contributed by atoms with van der Waals surface area (Å²) in [6.07, 6.45) is 3.27. The van der Waals surface area contributed by atoms with Gasteiger partial charge in [0, 0.05) is 30.4 Å². The van der Waals surface area contributed by atoms with Gasteiger partial charge in [0.2, 0.25) is 0 Å². The zero-order valence-corrected chi connectivity index (χ0v) is 13.5. The SMILES string of the molecule is CCCCNC(=O)c1cc(C(=O)NCc2ccccc2F)ccn1. The van der Waals surface area contributed by atoms with E-state index in [2.05, 4.69) is 15.6 Å². The second-order valence-corrected chi connectivity index (χ2v) is 5.31. The van der Waals surface area contributed by atoms with Gasteiger partial charge in [-0.1, -0.05) is 31.5 Å². The second-order valence-electron chi connectivity index (χ2n) is 5.31. The number of carbonyl (C=O) groups excluding carboxylic acids is 2. The number of nitrogens with one attached hydrogen (secondary N) is 2. The number of hydrogen-bond acceptors (Lipinski definition) is 3. The molecule has 0 aliphatic rings. The molecule has 0 fully saturated rings. The highest BCUT2D eigenvalue weighted by molar-refractivity contribution is 5.98. The van der Waals surface area contributed by atoms with Gasteiger partial charge < -0.3 is 10.6 Å². The smallest absolute Gasteiger partial charge is 0.269 e. The van der Waals surface area contributed by atoms with Gasteiger partial charge in [-0.3, -0.25) is 14.6 Å². The fraction of sp³-hybridized carbons (Fsp3) is 0.278. The van der Waals surface area contributed by atoms with Crippen molar-refractivity contribution in [1.29, 1.82) is 0 Å². The monoisotopic (exact) mass is 329 g/mol. The summed E-state index contributed by atoms with van der Waals surface area (Å²) in [5, 5.41) is 5.38. The first-order valence-electron chi connectivity index (χ1n) is 7.87. The summed E-state index contributed by atoms with van der Waals surface area (Å²) in [7, 11) is 0. The zero-order valence-electron chi connectivity index (χ0n) is 13.5. The normalized spacial score (nSPS) is 10.2. The average Bonchev–Trinajstić information content (AvgIpc) is 2.61. The average molecular weight is 329 g/mol. The van der Waals surface area contributed by atoms with Gasteiger partial charge in [0.15, 0.2) is 0 Å². The van der Waals surface area contributed by atoms with E-state index in [0.717, 1.165) is 12.8 Å². The number of halogens is 1. The Morgan fingerprint density at radius 3 is 2.67 bits per heavy atom. The number of aromatic nitrogens is 1. The number of benzene rings is 1. The lowest BCUT2D eigenvalue weighted by Gasteiger charge is -2.08. The molecule has 1 aromatic carbocycles. The molecule has 24 heavy (non-hydrogen) atoms. The van der Waals surface area contributed by atoms with Crippen LogP contribution >= 0.6 is 0 Å². The molecule has 0 saturated carbocycles. The lowest BCUT2D eigenvalue weighted by molar-refractivity contribution is 0.0948. The van der Waals surface area contributed by atoms with Crippen molar-refractivity contribution in [2.75, 3.05) is 6.54 Å². The topological polar surface area (TPSA) is 71.1 Å². The van der Waals surface area contributed by atoms with Crippen molar-refractivity contribution in [3.8, 4) is 0 Å². The summed E-state index contributed by atoms with van der Waals surface area (Å²) in [5.41, 5.74) is 0.893. The molecule has 0 saturated heterocycles. The molecule has 6 heteroatoms. The molecule has 0 unspecified atom stereocenters. The first kappa shape index (κ1) is 17.6. The van der Waals surface area contributed by atoms with Gasteiger partial charge in [-0.25, -0.2) is 4.39 Å². The van der Waals surface area contributed by atoms with Crippen LogP contribution in [0.2, 0.25) is 0 Å². The van der Waals surface area contributed by atoms with Crippen LogP contribution in [-0.2, 0) is 6.54 Å². The molecule has 0 bridgehead atoms. The number of pyridine rings is 1. The Labute approximate surface area is 140 Å². The highest BCUT2D eigenvalue weighted by Gasteiger charge is 2.12. The van der Waals surface area contributed by atoms with E-state index >= 15 is 0 Å². The molecular weight excluding hydrogens is 309 g/mol. The first-order valence-corrected chi connectivity index (χ1v) is 7.87. The maximum atomic E-state index is 13.5. The summed E-state index contributed by atoms with van der Waals surface area (Å²) in [5.74, 6) is -1.07. The van der Waals surface area contributed by atoms with E-state index in [1.165, 1.54) is 24.4 Å². The van der Waals surface area contributed by atoms with Gasteiger partial charge in [-0.2, -0.15) is 0 Å². The maximum Gasteiger partial charge on any atom is 0.269 e. The standard InChI is InChI=1S/C18H20FN3O2/c1-2-3-9-21-18(24)16-11-13(8-10-20-16)17(23)22-12-14-6-4-5-7-15(14)19/h4-8,10-11H,2-3,9,12H2,1H3,(H,21,24)(H,22,23). The molecule has 0 atom stereocenters. The quantitative estimate of drug-likeness (QED) is 0.767. The highest BCUT2D eigenvalue weighted by Crippen LogP contribution is 2.07. The Morgan fingerprint density at radius 2 is 1.92 bits per heavy atom. The van der Waals surface area contributed by atoms with Gasteiger partial charge in [-0.05, 0) is 24.6 Å². The van der Waals surface area contributed by atoms with Gasteiger partial charge in [0.1, 0.15) is 11.5 Å². The van der Waals surface area contributed by atoms with Crippen LogP contribution in [0.25, 0.3) is 0 Å². The van der Waals surface area contributed by atoms with Crippen molar-refractivity contribution in [2.45, 2.75) is 26.3 Å². The highest BCUT2D eigenvalue weighted by atomic mass is 19.1. The van der Waals surface area contributed by atoms with Crippen molar-refractivity contribution in [3.05, 3.63) is 65.2 Å². The molecule has 0 spiro atoms. The Balaban J connectivity index is 1.98. The Morgan fingerprint density at radius 1 is 1.12 bits per heavy atom. The van der Waals surface area contributed by atoms with Crippen LogP contribution in [0.1, 0.15) is 46.2 Å². The minimum atomic E-state index is -0.386. The molecule has 2 N–H and O–H groups in total. The lowest BCUT2D eigenvalue weighted by Crippen LogP contribution is -2.27. The third kappa shape index (κ3) is 4.87. The number of unbranched alkanes of at least 4 members (excludes halogenated alkanes) is 1. The van der Waals surface area contributed by atoms with E-state index in [-0.39, 0.29) is 29.9 Å². The molecule has 0 aliphatic heterocycles. The summed E-state index contributed by atoms with van der Waals surface area (Å²) < 4.78 is 13.5. The van der Waals surface area contributed by atoms with Gasteiger partial charge in [-0.15, -0.1) is 0 Å². The fourth-order valence-corrected chi connectivity index (χ4v) is 2.08. The Hall–Kier alpha value is -2.76. The summed E-state index contributed by atoms with van der Waals surface area (Å²) >= 11 is 0. The van der Waals surface area contributed by atoms with E-state index in [1.54, 1.807) is 18.2 Å². The number of hydrogen-bond donors (Lipinski definition) is 2. The van der Waals surface area contributed by atoms with Crippen LogP contribution in [0.5, 0.6) is 0 Å². The molecule has 1 heterocycles. The molecule has 0 aliphatic carbocycles. The molecule has 2 aromatic rings. The predicted molar refractivity (Wildman–Crippen MR) is 89.0 cm³/mol. The van der Waals surface area contributed by atoms with Gasteiger partial charge in [0.05, 0.1) is 0 Å². The maximum absolute atomic E-state index is 13.5. The summed E-state index contributed by atoms with van der Waals surface area (Å²) in [6, 6.07) is 9.18. The number of nitrogens with zero attached hydrogens (tertiary/aromatic N) is 1. The van der Waals surface area contributed by atoms with Crippen LogP contribution in [0, 0.1) is 5.82 Å². The largest absolute Gasteiger partial charge is 0.351 e. The Kier molecular flexibility index (Phi) is 6.42. The number of carbonyl (C=O) groups is 2. The van der Waals surface area contributed by atoms with Crippen molar-refractivity contribution >= 4 is 11.8 Å². The van der Waals surface area contributed by atoms with E-state index in [0.29, 0.717) is 17.7 Å². The van der Waals surface area contributed by atoms with Crippen molar-refractivity contribution in [2.24, 2.45) is 0 Å². The molecule has 2 amide bonds. The van der Waals surface area contributed by atoms with Crippen molar-refractivity contribution in [3.63, 3.8) is 0 Å². The minimum Gasteiger partial charge on any atom is -0.351 e. The molecule has 5 nitrogen and oxygen atoms in total. The van der Waals surface area contributed by atoms with Gasteiger partial charge in [0.25, 0.3) is 11.8 Å². The van der Waals surface area contributed by atoms with Crippen molar-refractivity contribution in [1.82, 2.24) is 15.6 Å². The van der Waals surface area contributed by atoms with Crippen molar-refractivity contribution < 1.29 is 14.0 Å². The predicted octanol–water partition coefficient (Wildman–Crippen LogP) is 2.68. The molecular formula is C18H20FN3O2. The van der Waals surface area contributed by atoms with Crippen LogP contribution in [0.3, 0.4) is 0 Å². The van der Waals surface area contributed by atoms with Gasteiger partial charge >= 0.3 is 0 Å². The van der Waals surface area contributed by atoms with Crippen LogP contribution < -0.4 is 10.6 Å². The lowest BCUT2D eigenvalue weighted by atomic mass is 10.2. The minimum absolute atomic E-state index is 0.0753. The number of amides is 2. The first-order chi connectivity index (χ1) is 11.6. The molecule has 126 valence electrons. The molecule has 0 radical (unpaired) electrons. The summed E-state index contributed by atoms with van der Waals surface area (Å²) in [6.45, 7) is 2.68. The zero-order chi connectivity index (χ0) is 17.4. The van der Waals surface area contributed by atoms with E-state index < -0.39 is 0 Å². The van der Waals surface area contributed by atoms with E-state index in [9.17, 15) is 14.0 Å². The third-order valence-electron chi connectivity index (χ3n) is 3.47. The molecule has 2 rings (SSSR count). The summed E-state index contributed by atoms with van der Waals surface area (Å²) in [4.78, 5) is 28.1. The van der Waals surface area contributed by atoms with E-state index in [4.69, 9.17) is 0 Å². The fourth-order valence-electron chi connectivity index (χ4n) is 2.08. The van der Waals surface area contributed by atoms with Crippen LogP contribution in [-0.4, -0.2) is 23.3 Å². The van der Waals surface area contributed by atoms with Crippen LogP contribution in [0.4, 0.5) is 4.39 Å². The van der Waals surface area contributed by atoms with E-state index in [1.807, 2.05) is 6.92 Å². The van der Waals surface area contributed by atoms with Crippen LogP contribution in [0.15, 0.2) is 42.6 Å². The number of rotatable bonds is 7.